The quantitative estimate of drug-likeness (QED) is 0.204. The van der Waals surface area contributed by atoms with E-state index in [0.29, 0.717) is 18.1 Å². The van der Waals surface area contributed by atoms with Gasteiger partial charge in [-0.2, -0.15) is 0 Å². The first-order valence-corrected chi connectivity index (χ1v) is 5.06. The van der Waals surface area contributed by atoms with Crippen LogP contribution in [0, 0.1) is 15.5 Å². The van der Waals surface area contributed by atoms with Gasteiger partial charge in [0.2, 0.25) is 5.70 Å². The molecule has 0 atom stereocenters. The first-order valence-electron chi connectivity index (χ1n) is 5.06. The first-order chi connectivity index (χ1) is 7.72. The summed E-state index contributed by atoms with van der Waals surface area (Å²) >= 11 is 0. The SMILES string of the molecule is C\C(=C/C(=C\C(C=O)=C\O)C(C)(C)C)[N+](=O)[O-]. The van der Waals surface area contributed by atoms with Gasteiger partial charge in [0.1, 0.15) is 0 Å². The van der Waals surface area contributed by atoms with Gasteiger partial charge >= 0.3 is 0 Å². The topological polar surface area (TPSA) is 80.4 Å². The van der Waals surface area contributed by atoms with Gasteiger partial charge in [-0.1, -0.05) is 20.8 Å². The lowest BCUT2D eigenvalue weighted by Gasteiger charge is -2.20. The van der Waals surface area contributed by atoms with Crippen LogP contribution in [-0.2, 0) is 4.79 Å². The normalized spacial score (nSPS) is 14.7. The Kier molecular flexibility index (Phi) is 5.31. The van der Waals surface area contributed by atoms with E-state index >= 15 is 0 Å². The highest BCUT2D eigenvalue weighted by Gasteiger charge is 2.18. The van der Waals surface area contributed by atoms with Crippen LogP contribution in [0.2, 0.25) is 0 Å². The molecule has 17 heavy (non-hydrogen) atoms. The van der Waals surface area contributed by atoms with Crippen LogP contribution in [0.15, 0.2) is 35.3 Å². The van der Waals surface area contributed by atoms with E-state index in [2.05, 4.69) is 0 Å². The molecule has 0 aliphatic rings. The molecule has 1 N–H and O–H groups in total. The van der Waals surface area contributed by atoms with Crippen molar-refractivity contribution in [1.82, 2.24) is 0 Å². The van der Waals surface area contributed by atoms with Crippen LogP contribution in [0.1, 0.15) is 27.7 Å². The fraction of sp³-hybridized carbons (Fsp3) is 0.417. The fourth-order valence-corrected chi connectivity index (χ4v) is 1.03. The third-order valence-corrected chi connectivity index (χ3v) is 2.13. The smallest absolute Gasteiger partial charge is 0.243 e. The van der Waals surface area contributed by atoms with E-state index in [1.54, 1.807) is 0 Å². The lowest BCUT2D eigenvalue weighted by atomic mass is 9.85. The standard InChI is InChI=1S/C12H17NO4/c1-9(13(16)17)5-11(12(2,3)4)6-10(7-14)8-15/h5-8,14H,1-4H3/b9-5+,10-7-,11-6+. The second-order valence-electron chi connectivity index (χ2n) is 4.64. The Morgan fingerprint density at radius 1 is 1.29 bits per heavy atom. The van der Waals surface area contributed by atoms with Gasteiger partial charge in [-0.25, -0.2) is 0 Å². The van der Waals surface area contributed by atoms with Crippen LogP contribution in [0.25, 0.3) is 0 Å². The zero-order chi connectivity index (χ0) is 13.6. The molecule has 0 spiro atoms. The van der Waals surface area contributed by atoms with E-state index < -0.39 is 4.92 Å². The number of aldehydes is 1. The van der Waals surface area contributed by atoms with Gasteiger partial charge in [0.25, 0.3) is 0 Å². The predicted octanol–water partition coefficient (Wildman–Crippen LogP) is 2.78. The Morgan fingerprint density at radius 2 is 1.82 bits per heavy atom. The molecule has 0 aromatic carbocycles. The summed E-state index contributed by atoms with van der Waals surface area (Å²) in [7, 11) is 0. The minimum atomic E-state index is -0.497. The molecule has 94 valence electrons. The molecule has 0 aromatic heterocycles. The molecule has 0 unspecified atom stereocenters. The van der Waals surface area contributed by atoms with E-state index in [4.69, 9.17) is 5.11 Å². The van der Waals surface area contributed by atoms with Crippen molar-refractivity contribution in [1.29, 1.82) is 0 Å². The van der Waals surface area contributed by atoms with Gasteiger partial charge < -0.3 is 5.11 Å². The van der Waals surface area contributed by atoms with E-state index in [1.165, 1.54) is 19.1 Å². The first kappa shape index (κ1) is 15.1. The van der Waals surface area contributed by atoms with Crippen LogP contribution < -0.4 is 0 Å². The van der Waals surface area contributed by atoms with Gasteiger partial charge in [0, 0.05) is 18.6 Å². The monoisotopic (exact) mass is 239 g/mol. The van der Waals surface area contributed by atoms with E-state index in [1.807, 2.05) is 20.8 Å². The van der Waals surface area contributed by atoms with E-state index in [9.17, 15) is 14.9 Å². The van der Waals surface area contributed by atoms with Crippen molar-refractivity contribution in [3.8, 4) is 0 Å². The van der Waals surface area contributed by atoms with Gasteiger partial charge in [0.15, 0.2) is 6.29 Å². The van der Waals surface area contributed by atoms with Gasteiger partial charge in [-0.05, 0) is 17.1 Å². The number of nitro groups is 1. The predicted molar refractivity (Wildman–Crippen MR) is 65.1 cm³/mol. The van der Waals surface area contributed by atoms with Gasteiger partial charge in [0.05, 0.1) is 11.2 Å². The summed E-state index contributed by atoms with van der Waals surface area (Å²) < 4.78 is 0. The van der Waals surface area contributed by atoms with Crippen molar-refractivity contribution in [3.63, 3.8) is 0 Å². The minimum Gasteiger partial charge on any atom is -0.515 e. The molecule has 5 nitrogen and oxygen atoms in total. The molecule has 0 radical (unpaired) electrons. The molecule has 0 aromatic rings. The molecule has 5 heteroatoms. The molecule has 0 aliphatic carbocycles. The number of allylic oxidation sites excluding steroid dienone is 5. The van der Waals surface area contributed by atoms with Crippen molar-refractivity contribution < 1.29 is 14.8 Å². The summed E-state index contributed by atoms with van der Waals surface area (Å²) in [5, 5.41) is 19.4. The lowest BCUT2D eigenvalue weighted by Crippen LogP contribution is -2.10. The number of carbonyl (C=O) groups excluding carboxylic acids is 1. The van der Waals surface area contributed by atoms with Crippen LogP contribution in [-0.4, -0.2) is 16.3 Å². The Hall–Kier alpha value is -1.91. The number of aliphatic hydroxyl groups is 1. The Balaban J connectivity index is 5.55. The van der Waals surface area contributed by atoms with Crippen molar-refractivity contribution in [3.05, 3.63) is 45.4 Å². The molecule has 0 amide bonds. The second-order valence-corrected chi connectivity index (χ2v) is 4.64. The summed E-state index contributed by atoms with van der Waals surface area (Å²) in [6.45, 7) is 6.97. The highest BCUT2D eigenvalue weighted by Crippen LogP contribution is 2.28. The van der Waals surface area contributed by atoms with Crippen molar-refractivity contribution in [2.75, 3.05) is 0 Å². The average molecular weight is 239 g/mol. The van der Waals surface area contributed by atoms with Gasteiger partial charge in [-0.3, -0.25) is 14.9 Å². The summed E-state index contributed by atoms with van der Waals surface area (Å²) in [5.74, 6) is 0. The number of carbonyl (C=O) groups is 1. The van der Waals surface area contributed by atoms with E-state index in [0.717, 1.165) is 0 Å². The van der Waals surface area contributed by atoms with Crippen molar-refractivity contribution in [2.24, 2.45) is 5.41 Å². The maximum absolute atomic E-state index is 10.6. The van der Waals surface area contributed by atoms with Crippen molar-refractivity contribution >= 4 is 6.29 Å². The Bertz CT molecular complexity index is 397. The Labute approximate surface area is 100 Å². The molecule has 0 bridgehead atoms. The largest absolute Gasteiger partial charge is 0.515 e. The number of hydrogen-bond donors (Lipinski definition) is 1. The molecule has 0 fully saturated rings. The molecular formula is C12H17NO4. The summed E-state index contributed by atoms with van der Waals surface area (Å²) in [6, 6.07) is 0. The fourth-order valence-electron chi connectivity index (χ4n) is 1.03. The third-order valence-electron chi connectivity index (χ3n) is 2.13. The van der Waals surface area contributed by atoms with Crippen LogP contribution in [0.3, 0.4) is 0 Å². The molecular weight excluding hydrogens is 222 g/mol. The van der Waals surface area contributed by atoms with Gasteiger partial charge in [-0.15, -0.1) is 0 Å². The Morgan fingerprint density at radius 3 is 2.12 bits per heavy atom. The van der Waals surface area contributed by atoms with E-state index in [-0.39, 0.29) is 16.7 Å². The molecule has 0 aliphatic heterocycles. The minimum absolute atomic E-state index is 0.0191. The number of aliphatic hydroxyl groups excluding tert-OH is 1. The summed E-state index contributed by atoms with van der Waals surface area (Å²) in [5.41, 5.74) is 0.282. The molecule has 0 heterocycles. The maximum atomic E-state index is 10.6. The number of hydrogen-bond acceptors (Lipinski definition) is 4. The zero-order valence-corrected chi connectivity index (χ0v) is 10.4. The third kappa shape index (κ3) is 5.10. The number of rotatable bonds is 4. The lowest BCUT2D eigenvalue weighted by molar-refractivity contribution is -0.424. The zero-order valence-electron chi connectivity index (χ0n) is 10.4. The van der Waals surface area contributed by atoms with Crippen LogP contribution in [0.4, 0.5) is 0 Å². The van der Waals surface area contributed by atoms with Crippen LogP contribution in [0.5, 0.6) is 0 Å². The van der Waals surface area contributed by atoms with Crippen molar-refractivity contribution in [2.45, 2.75) is 27.7 Å². The molecule has 0 rings (SSSR count). The second kappa shape index (κ2) is 5.98. The summed E-state index contributed by atoms with van der Waals surface area (Å²) in [6.07, 6.45) is 3.99. The molecule has 0 saturated carbocycles. The molecule has 0 saturated heterocycles. The van der Waals surface area contributed by atoms with Crippen LogP contribution >= 0.6 is 0 Å². The highest BCUT2D eigenvalue weighted by molar-refractivity contribution is 5.77. The number of nitrogens with zero attached hydrogens (tertiary/aromatic N) is 1. The average Bonchev–Trinajstić information content (AvgIpc) is 2.21. The highest BCUT2D eigenvalue weighted by atomic mass is 16.6. The summed E-state index contributed by atoms with van der Waals surface area (Å²) in [4.78, 5) is 20.7. The maximum Gasteiger partial charge on any atom is 0.243 e.